The largest absolute Gasteiger partial charge is 0.375 e. The Kier molecular flexibility index (Phi) is 4.71. The third kappa shape index (κ3) is 3.66. The Bertz CT molecular complexity index is 1320. The van der Waals surface area contributed by atoms with Gasteiger partial charge >= 0.3 is 6.03 Å². The number of methoxy groups -OCH3 is 1. The molecule has 1 unspecified atom stereocenters. The molecule has 31 heavy (non-hydrogen) atoms. The Morgan fingerprint density at radius 3 is 2.87 bits per heavy atom. The van der Waals surface area contributed by atoms with Crippen molar-refractivity contribution in [1.82, 2.24) is 29.2 Å². The second-order valence-corrected chi connectivity index (χ2v) is 7.76. The molecular formula is C19H18ClFN8O2. The van der Waals surface area contributed by atoms with E-state index in [-0.39, 0.29) is 22.6 Å². The number of hydrogen-bond donors (Lipinski definition) is 2. The molecule has 0 bridgehead atoms. The van der Waals surface area contributed by atoms with E-state index in [4.69, 9.17) is 16.3 Å². The van der Waals surface area contributed by atoms with Crippen LogP contribution >= 0.6 is 11.6 Å². The van der Waals surface area contributed by atoms with E-state index in [2.05, 4.69) is 30.8 Å². The minimum atomic E-state index is -0.596. The van der Waals surface area contributed by atoms with Gasteiger partial charge in [-0.3, -0.25) is 0 Å². The van der Waals surface area contributed by atoms with E-state index >= 15 is 0 Å². The van der Waals surface area contributed by atoms with Crippen LogP contribution in [0.15, 0.2) is 24.5 Å². The average molecular weight is 445 g/mol. The summed E-state index contributed by atoms with van der Waals surface area (Å²) in [6.45, 7) is 1.66. The summed E-state index contributed by atoms with van der Waals surface area (Å²) in [5.74, 6) is 0.142. The number of anilines is 2. The summed E-state index contributed by atoms with van der Waals surface area (Å²) in [4.78, 5) is 21.0. The van der Waals surface area contributed by atoms with Gasteiger partial charge in [0.25, 0.3) is 0 Å². The molecule has 0 radical (unpaired) electrons. The van der Waals surface area contributed by atoms with Gasteiger partial charge in [0, 0.05) is 19.2 Å². The van der Waals surface area contributed by atoms with E-state index in [0.29, 0.717) is 28.8 Å². The number of hydrogen-bond acceptors (Lipinski definition) is 6. The average Bonchev–Trinajstić information content (AvgIpc) is 3.36. The van der Waals surface area contributed by atoms with Crippen LogP contribution in [0.5, 0.6) is 0 Å². The topological polar surface area (TPSA) is 111 Å². The summed E-state index contributed by atoms with van der Waals surface area (Å²) in [5.41, 5.74) is 1.91. The molecule has 0 aliphatic heterocycles. The summed E-state index contributed by atoms with van der Waals surface area (Å²) in [6, 6.07) is 2.23. The lowest BCUT2D eigenvalue weighted by Crippen LogP contribution is -2.23. The maximum absolute atomic E-state index is 14.3. The molecule has 0 aromatic carbocycles. The van der Waals surface area contributed by atoms with Crippen molar-refractivity contribution in [3.8, 4) is 0 Å². The van der Waals surface area contributed by atoms with E-state index in [1.807, 2.05) is 0 Å². The molecule has 1 fully saturated rings. The lowest BCUT2D eigenvalue weighted by Gasteiger charge is -2.20. The second kappa shape index (κ2) is 7.43. The number of amides is 2. The van der Waals surface area contributed by atoms with Gasteiger partial charge in [0.15, 0.2) is 22.3 Å². The van der Waals surface area contributed by atoms with Crippen molar-refractivity contribution in [3.05, 3.63) is 47.0 Å². The number of nitrogens with one attached hydrogen (secondary N) is 2. The number of nitrogens with zero attached hydrogens (tertiary/aromatic N) is 6. The first kappa shape index (κ1) is 19.6. The third-order valence-electron chi connectivity index (χ3n) is 5.06. The molecule has 10 nitrogen and oxygen atoms in total. The van der Waals surface area contributed by atoms with Crippen molar-refractivity contribution in [1.29, 1.82) is 0 Å². The van der Waals surface area contributed by atoms with Gasteiger partial charge in [-0.2, -0.15) is 10.2 Å². The van der Waals surface area contributed by atoms with Gasteiger partial charge in [-0.15, -0.1) is 0 Å². The van der Waals surface area contributed by atoms with Crippen LogP contribution in [0.1, 0.15) is 30.5 Å². The number of urea groups is 1. The Morgan fingerprint density at radius 1 is 1.32 bits per heavy atom. The number of carbonyl (C=O) groups is 1. The van der Waals surface area contributed by atoms with Gasteiger partial charge in [0.05, 0.1) is 29.5 Å². The van der Waals surface area contributed by atoms with Gasteiger partial charge in [-0.05, 0) is 25.7 Å². The van der Waals surface area contributed by atoms with Crippen LogP contribution < -0.4 is 10.6 Å². The lowest BCUT2D eigenvalue weighted by molar-refractivity contribution is 0.0798. The maximum Gasteiger partial charge on any atom is 0.323 e. The maximum atomic E-state index is 14.3. The fraction of sp³-hybridized carbons (Fsp3) is 0.316. The first-order valence-electron chi connectivity index (χ1n) is 9.60. The van der Waals surface area contributed by atoms with E-state index in [0.717, 1.165) is 12.8 Å². The highest BCUT2D eigenvalue weighted by molar-refractivity contribution is 6.29. The SMILES string of the molecule is COC(c1c(NC(=O)Nc2cc(F)c3nc(C)nn3c2)cnc2cc(Cl)nn12)C1CC1. The Hall–Kier alpha value is -3.31. The number of aromatic nitrogens is 6. The summed E-state index contributed by atoms with van der Waals surface area (Å²) in [7, 11) is 1.61. The number of ether oxygens (including phenoxy) is 1. The van der Waals surface area contributed by atoms with E-state index in [9.17, 15) is 9.18 Å². The predicted octanol–water partition coefficient (Wildman–Crippen LogP) is 3.61. The summed E-state index contributed by atoms with van der Waals surface area (Å²) >= 11 is 6.07. The van der Waals surface area contributed by atoms with Crippen molar-refractivity contribution in [2.75, 3.05) is 17.7 Å². The van der Waals surface area contributed by atoms with Crippen molar-refractivity contribution >= 4 is 40.3 Å². The minimum absolute atomic E-state index is 0.0864. The molecule has 0 spiro atoms. The Labute approximate surface area is 180 Å². The highest BCUT2D eigenvalue weighted by atomic mass is 35.5. The molecule has 12 heteroatoms. The monoisotopic (exact) mass is 444 g/mol. The molecule has 4 heterocycles. The van der Waals surface area contributed by atoms with Gasteiger partial charge < -0.3 is 15.4 Å². The van der Waals surface area contributed by atoms with E-state index in [1.54, 1.807) is 24.6 Å². The van der Waals surface area contributed by atoms with Crippen LogP contribution in [0.3, 0.4) is 0 Å². The van der Waals surface area contributed by atoms with Gasteiger partial charge in [0.2, 0.25) is 0 Å². The van der Waals surface area contributed by atoms with Crippen LogP contribution in [0.25, 0.3) is 11.3 Å². The molecule has 1 atom stereocenters. The van der Waals surface area contributed by atoms with Crippen LogP contribution in [0.2, 0.25) is 5.15 Å². The number of rotatable bonds is 5. The number of pyridine rings is 1. The minimum Gasteiger partial charge on any atom is -0.375 e. The third-order valence-corrected chi connectivity index (χ3v) is 5.25. The molecule has 1 aliphatic rings. The molecule has 1 aliphatic carbocycles. The van der Waals surface area contributed by atoms with Crippen molar-refractivity contribution < 1.29 is 13.9 Å². The highest BCUT2D eigenvalue weighted by Gasteiger charge is 2.36. The molecule has 160 valence electrons. The first-order valence-corrected chi connectivity index (χ1v) is 9.98. The van der Waals surface area contributed by atoms with Crippen LogP contribution in [0, 0.1) is 18.7 Å². The van der Waals surface area contributed by atoms with E-state index in [1.165, 1.54) is 23.0 Å². The molecular weight excluding hydrogens is 427 g/mol. The van der Waals surface area contributed by atoms with Crippen molar-refractivity contribution in [3.63, 3.8) is 0 Å². The number of aryl methyl sites for hydroxylation is 1. The van der Waals surface area contributed by atoms with Crippen LogP contribution in [-0.4, -0.2) is 42.3 Å². The molecule has 0 saturated heterocycles. The summed E-state index contributed by atoms with van der Waals surface area (Å²) in [6.07, 6.45) is 4.75. The van der Waals surface area contributed by atoms with Crippen molar-refractivity contribution in [2.45, 2.75) is 25.9 Å². The molecule has 4 aromatic heterocycles. The highest BCUT2D eigenvalue weighted by Crippen LogP contribution is 2.44. The quantitative estimate of drug-likeness (QED) is 0.486. The normalized spacial score (nSPS) is 14.8. The zero-order valence-corrected chi connectivity index (χ0v) is 17.4. The fourth-order valence-electron chi connectivity index (χ4n) is 3.63. The van der Waals surface area contributed by atoms with Gasteiger partial charge in [-0.1, -0.05) is 11.6 Å². The first-order chi connectivity index (χ1) is 14.9. The second-order valence-electron chi connectivity index (χ2n) is 7.37. The number of carbonyl (C=O) groups excluding carboxylic acids is 1. The molecule has 2 N–H and O–H groups in total. The summed E-state index contributed by atoms with van der Waals surface area (Å²) in [5, 5.41) is 14.0. The number of fused-ring (bicyclic) bond motifs is 2. The molecule has 2 amide bonds. The standard InChI is InChI=1S/C19H18ClFN8O2/c1-9-23-18-12(21)5-11(8-28(18)26-9)24-19(30)25-13-7-22-15-6-14(20)27-29(15)16(13)17(31-2)10-3-4-10/h5-8,10,17H,3-4H2,1-2H3,(H2,24,25,30). The zero-order valence-electron chi connectivity index (χ0n) is 16.6. The van der Waals surface area contributed by atoms with Crippen LogP contribution in [-0.2, 0) is 4.74 Å². The lowest BCUT2D eigenvalue weighted by atomic mass is 10.1. The fourth-order valence-corrected chi connectivity index (χ4v) is 3.80. The molecule has 4 aromatic rings. The van der Waals surface area contributed by atoms with E-state index < -0.39 is 11.8 Å². The zero-order chi connectivity index (χ0) is 21.7. The van der Waals surface area contributed by atoms with Gasteiger partial charge in [0.1, 0.15) is 11.9 Å². The molecule has 1 saturated carbocycles. The Morgan fingerprint density at radius 2 is 2.13 bits per heavy atom. The van der Waals surface area contributed by atoms with Gasteiger partial charge in [-0.25, -0.2) is 28.2 Å². The number of halogens is 2. The van der Waals surface area contributed by atoms with Crippen molar-refractivity contribution in [2.24, 2.45) is 5.92 Å². The summed E-state index contributed by atoms with van der Waals surface area (Å²) < 4.78 is 22.8. The van der Waals surface area contributed by atoms with Crippen LogP contribution in [0.4, 0.5) is 20.6 Å². The molecule has 5 rings (SSSR count). The Balaban J connectivity index is 1.46. The predicted molar refractivity (Wildman–Crippen MR) is 111 cm³/mol. The smallest absolute Gasteiger partial charge is 0.323 e.